The fourth-order valence-corrected chi connectivity index (χ4v) is 3.32. The van der Waals surface area contributed by atoms with Gasteiger partial charge in [-0.3, -0.25) is 9.59 Å². The van der Waals surface area contributed by atoms with Crippen LogP contribution in [0, 0.1) is 5.92 Å². The van der Waals surface area contributed by atoms with Crippen molar-refractivity contribution in [2.75, 3.05) is 26.4 Å². The highest BCUT2D eigenvalue weighted by molar-refractivity contribution is 5.72. The van der Waals surface area contributed by atoms with Crippen LogP contribution in [0.2, 0.25) is 0 Å². The first-order valence-electron chi connectivity index (χ1n) is 9.77. The summed E-state index contributed by atoms with van der Waals surface area (Å²) in [4.78, 5) is 22.4. The Labute approximate surface area is 165 Å². The molecule has 28 heavy (non-hydrogen) atoms. The van der Waals surface area contributed by atoms with E-state index >= 15 is 0 Å². The Balaban J connectivity index is 2.64. The molecule has 0 aromatic rings. The number of carboxylic acid groups (broad SMARTS) is 2. The van der Waals surface area contributed by atoms with Crippen molar-refractivity contribution in [2.45, 2.75) is 57.0 Å². The van der Waals surface area contributed by atoms with Crippen LogP contribution in [0.25, 0.3) is 0 Å². The highest BCUT2D eigenvalue weighted by atomic mass is 16.5. The summed E-state index contributed by atoms with van der Waals surface area (Å²) < 4.78 is 11.1. The lowest BCUT2D eigenvalue weighted by molar-refractivity contribution is -0.154. The van der Waals surface area contributed by atoms with Crippen molar-refractivity contribution in [3.05, 3.63) is 24.0 Å². The van der Waals surface area contributed by atoms with Crippen LogP contribution in [-0.4, -0.2) is 64.4 Å². The first-order chi connectivity index (χ1) is 13.4. The third-order valence-corrected chi connectivity index (χ3v) is 4.75. The summed E-state index contributed by atoms with van der Waals surface area (Å²) in [6.45, 7) is -0.125. The maximum absolute atomic E-state index is 11.9. The van der Waals surface area contributed by atoms with E-state index in [0.29, 0.717) is 31.4 Å². The molecule has 1 aliphatic carbocycles. The van der Waals surface area contributed by atoms with Crippen molar-refractivity contribution >= 4 is 11.9 Å². The smallest absolute Gasteiger partial charge is 0.309 e. The van der Waals surface area contributed by atoms with Crippen molar-refractivity contribution in [2.24, 2.45) is 5.92 Å². The molecule has 160 valence electrons. The van der Waals surface area contributed by atoms with E-state index in [2.05, 4.69) is 0 Å². The molecule has 0 saturated heterocycles. The van der Waals surface area contributed by atoms with Gasteiger partial charge in [-0.15, -0.1) is 0 Å². The second kappa shape index (κ2) is 13.3. The van der Waals surface area contributed by atoms with Crippen molar-refractivity contribution in [1.29, 1.82) is 0 Å². The van der Waals surface area contributed by atoms with Crippen LogP contribution in [0.3, 0.4) is 0 Å². The predicted octanol–water partition coefficient (Wildman–Crippen LogP) is 2.10. The molecule has 0 aliphatic heterocycles. The minimum absolute atomic E-state index is 0.0317. The van der Waals surface area contributed by atoms with Crippen LogP contribution in [0.4, 0.5) is 0 Å². The summed E-state index contributed by atoms with van der Waals surface area (Å²) in [5.74, 6) is -1.97. The molecule has 4 N–H and O–H groups in total. The van der Waals surface area contributed by atoms with E-state index in [4.69, 9.17) is 24.8 Å². The van der Waals surface area contributed by atoms with Crippen molar-refractivity contribution in [3.8, 4) is 0 Å². The molecule has 0 heterocycles. The lowest BCUT2D eigenvalue weighted by Gasteiger charge is -2.37. The van der Waals surface area contributed by atoms with E-state index in [0.717, 1.165) is 19.3 Å². The quantitative estimate of drug-likeness (QED) is 0.290. The first-order valence-corrected chi connectivity index (χ1v) is 9.77. The molecule has 1 aliphatic rings. The SMILES string of the molecule is O=C(O)CCCCCCCC(C(=O)O)C1(OCCO)C=CC(OCCO)=CC1. The maximum Gasteiger partial charge on any atom is 0.309 e. The molecule has 0 spiro atoms. The number of ether oxygens (including phenoxy) is 2. The van der Waals surface area contributed by atoms with Gasteiger partial charge in [-0.05, 0) is 31.1 Å². The molecule has 1 rings (SSSR count). The van der Waals surface area contributed by atoms with Crippen LogP contribution >= 0.6 is 0 Å². The van der Waals surface area contributed by atoms with Crippen LogP contribution in [0.15, 0.2) is 24.0 Å². The molecule has 2 unspecified atom stereocenters. The fraction of sp³-hybridized carbons (Fsp3) is 0.700. The van der Waals surface area contributed by atoms with Crippen molar-refractivity contribution in [3.63, 3.8) is 0 Å². The number of carbonyl (C=O) groups is 2. The van der Waals surface area contributed by atoms with Crippen LogP contribution in [0.1, 0.15) is 51.4 Å². The number of hydrogen-bond acceptors (Lipinski definition) is 6. The fourth-order valence-electron chi connectivity index (χ4n) is 3.32. The van der Waals surface area contributed by atoms with Gasteiger partial charge in [-0.2, -0.15) is 0 Å². The van der Waals surface area contributed by atoms with Gasteiger partial charge in [0.15, 0.2) is 0 Å². The summed E-state index contributed by atoms with van der Waals surface area (Å²) in [6, 6.07) is 0. The van der Waals surface area contributed by atoms with E-state index in [1.54, 1.807) is 18.2 Å². The van der Waals surface area contributed by atoms with Crippen LogP contribution in [0.5, 0.6) is 0 Å². The predicted molar refractivity (Wildman–Crippen MR) is 102 cm³/mol. The van der Waals surface area contributed by atoms with Gasteiger partial charge in [-0.25, -0.2) is 0 Å². The van der Waals surface area contributed by atoms with Gasteiger partial charge >= 0.3 is 11.9 Å². The number of hydrogen-bond donors (Lipinski definition) is 4. The highest BCUT2D eigenvalue weighted by Crippen LogP contribution is 2.36. The number of rotatable bonds is 16. The Hall–Kier alpha value is -1.90. The average Bonchev–Trinajstić information content (AvgIpc) is 2.67. The van der Waals surface area contributed by atoms with E-state index in [9.17, 15) is 14.7 Å². The number of aliphatic hydroxyl groups excluding tert-OH is 2. The number of unbranched alkanes of at least 4 members (excludes halogenated alkanes) is 4. The van der Waals surface area contributed by atoms with Crippen molar-refractivity contribution < 1.29 is 39.5 Å². The first kappa shape index (κ1) is 24.1. The monoisotopic (exact) mass is 400 g/mol. The topological polar surface area (TPSA) is 134 Å². The number of carboxylic acids is 2. The summed E-state index contributed by atoms with van der Waals surface area (Å²) in [6.07, 6.45) is 9.78. The maximum atomic E-state index is 11.9. The van der Waals surface area contributed by atoms with Crippen LogP contribution in [-0.2, 0) is 19.1 Å². The zero-order valence-electron chi connectivity index (χ0n) is 16.2. The zero-order valence-corrected chi connectivity index (χ0v) is 16.2. The second-order valence-electron chi connectivity index (χ2n) is 6.83. The molecular weight excluding hydrogens is 368 g/mol. The lowest BCUT2D eigenvalue weighted by Crippen LogP contribution is -2.44. The normalized spacial score (nSPS) is 19.9. The highest BCUT2D eigenvalue weighted by Gasteiger charge is 2.42. The second-order valence-corrected chi connectivity index (χ2v) is 6.83. The number of aliphatic carboxylic acids is 2. The van der Waals surface area contributed by atoms with Gasteiger partial charge in [0.1, 0.15) is 18.0 Å². The minimum Gasteiger partial charge on any atom is -0.492 e. The van der Waals surface area contributed by atoms with Gasteiger partial charge in [0.25, 0.3) is 0 Å². The van der Waals surface area contributed by atoms with E-state index in [-0.39, 0.29) is 32.8 Å². The Bertz CT molecular complexity index is 542. The van der Waals surface area contributed by atoms with Crippen LogP contribution < -0.4 is 0 Å². The van der Waals surface area contributed by atoms with E-state index in [1.807, 2.05) is 0 Å². The Morgan fingerprint density at radius 3 is 2.29 bits per heavy atom. The molecule has 0 bridgehead atoms. The van der Waals surface area contributed by atoms with Gasteiger partial charge < -0.3 is 29.9 Å². The minimum atomic E-state index is -1.05. The molecular formula is C20H32O8. The van der Waals surface area contributed by atoms with Gasteiger partial charge in [0.2, 0.25) is 0 Å². The molecule has 8 heteroatoms. The third kappa shape index (κ3) is 8.41. The summed E-state index contributed by atoms with van der Waals surface area (Å²) in [5, 5.41) is 36.4. The number of allylic oxidation sites excluding steroid dienone is 1. The van der Waals surface area contributed by atoms with Crippen molar-refractivity contribution in [1.82, 2.24) is 0 Å². The van der Waals surface area contributed by atoms with Gasteiger partial charge in [0.05, 0.1) is 25.7 Å². The van der Waals surface area contributed by atoms with E-state index in [1.165, 1.54) is 0 Å². The molecule has 2 atom stereocenters. The molecule has 0 amide bonds. The molecule has 0 aromatic heterocycles. The van der Waals surface area contributed by atoms with Gasteiger partial charge in [-0.1, -0.05) is 25.7 Å². The number of aliphatic hydroxyl groups is 2. The Morgan fingerprint density at radius 2 is 1.71 bits per heavy atom. The summed E-state index contributed by atoms with van der Waals surface area (Å²) in [7, 11) is 0. The molecule has 0 radical (unpaired) electrons. The molecule has 0 fully saturated rings. The molecule has 8 nitrogen and oxygen atoms in total. The molecule has 0 saturated carbocycles. The average molecular weight is 400 g/mol. The largest absolute Gasteiger partial charge is 0.492 e. The summed E-state index contributed by atoms with van der Waals surface area (Å²) in [5.41, 5.74) is -1.05. The van der Waals surface area contributed by atoms with E-state index < -0.39 is 23.5 Å². The van der Waals surface area contributed by atoms with Gasteiger partial charge in [0, 0.05) is 12.8 Å². The zero-order chi connectivity index (χ0) is 20.8. The molecule has 0 aromatic carbocycles. The third-order valence-electron chi connectivity index (χ3n) is 4.75. The standard InChI is InChI=1S/C20H32O8/c21-12-14-27-16-8-10-20(11-9-16,28-15-13-22)17(19(25)26)6-4-2-1-3-5-7-18(23)24/h8-10,17,21-22H,1-7,11-15H2,(H,23,24)(H,25,26). The lowest BCUT2D eigenvalue weighted by atomic mass is 9.78. The summed E-state index contributed by atoms with van der Waals surface area (Å²) >= 11 is 0. The Morgan fingerprint density at radius 1 is 1.04 bits per heavy atom. The Kier molecular flexibility index (Phi) is 11.5.